The molecule has 0 bridgehead atoms. The molecule has 1 aliphatic rings. The van der Waals surface area contributed by atoms with Crippen LogP contribution >= 0.6 is 0 Å². The molecule has 168 valence electrons. The molecule has 0 atom stereocenters. The molecule has 0 saturated carbocycles. The molecule has 1 fully saturated rings. The first kappa shape index (κ1) is 21.6. The molecule has 0 radical (unpaired) electrons. The van der Waals surface area contributed by atoms with Crippen molar-refractivity contribution in [2.45, 2.75) is 6.36 Å². The first-order valence-corrected chi connectivity index (χ1v) is 9.69. The first-order valence-electron chi connectivity index (χ1n) is 9.69. The van der Waals surface area contributed by atoms with Gasteiger partial charge in [-0.15, -0.1) is 13.2 Å². The lowest BCUT2D eigenvalue weighted by Gasteiger charge is -2.36. The molecule has 1 aliphatic heterocycles. The van der Waals surface area contributed by atoms with Gasteiger partial charge >= 0.3 is 6.36 Å². The van der Waals surface area contributed by atoms with Gasteiger partial charge in [0.2, 0.25) is 0 Å². The molecular weight excluding hydrogens is 432 g/mol. The highest BCUT2D eigenvalue weighted by Crippen LogP contribution is 2.29. The van der Waals surface area contributed by atoms with Crippen molar-refractivity contribution in [1.29, 1.82) is 0 Å². The number of piperazine rings is 1. The lowest BCUT2D eigenvalue weighted by molar-refractivity contribution is -0.274. The molecule has 7 nitrogen and oxygen atoms in total. The second-order valence-corrected chi connectivity index (χ2v) is 7.30. The molecule has 2 heterocycles. The molecule has 32 heavy (non-hydrogen) atoms. The van der Waals surface area contributed by atoms with Crippen molar-refractivity contribution in [3.63, 3.8) is 0 Å². The topological polar surface area (TPSA) is 67.7 Å². The van der Waals surface area contributed by atoms with Crippen molar-refractivity contribution in [2.24, 2.45) is 7.05 Å². The maximum absolute atomic E-state index is 13.8. The Balaban J connectivity index is 1.53. The summed E-state index contributed by atoms with van der Waals surface area (Å²) in [6.07, 6.45) is -4.93. The third kappa shape index (κ3) is 4.36. The predicted molar refractivity (Wildman–Crippen MR) is 108 cm³/mol. The molecule has 0 N–H and O–H groups in total. The maximum Gasteiger partial charge on any atom is 0.573 e. The number of nitrogens with zero attached hydrogens (tertiary/aromatic N) is 4. The number of amides is 1. The average molecular weight is 450 g/mol. The van der Waals surface area contributed by atoms with Crippen molar-refractivity contribution in [1.82, 2.24) is 14.7 Å². The zero-order chi connectivity index (χ0) is 23.0. The Morgan fingerprint density at radius 3 is 2.34 bits per heavy atom. The van der Waals surface area contributed by atoms with E-state index >= 15 is 0 Å². The van der Waals surface area contributed by atoms with Gasteiger partial charge < -0.3 is 14.5 Å². The number of benzene rings is 2. The number of ether oxygens (including phenoxy) is 1. The second kappa shape index (κ2) is 8.13. The van der Waals surface area contributed by atoms with Crippen LogP contribution in [-0.2, 0) is 7.05 Å². The molecule has 1 aromatic heterocycles. The van der Waals surface area contributed by atoms with Crippen LogP contribution in [0.25, 0.3) is 10.8 Å². The number of aryl methyl sites for hydroxylation is 1. The van der Waals surface area contributed by atoms with E-state index in [1.807, 2.05) is 0 Å². The Morgan fingerprint density at radius 2 is 1.69 bits per heavy atom. The lowest BCUT2D eigenvalue weighted by Crippen LogP contribution is -2.49. The van der Waals surface area contributed by atoms with Crippen LogP contribution in [0.2, 0.25) is 0 Å². The van der Waals surface area contributed by atoms with Crippen LogP contribution in [-0.4, -0.2) is 53.1 Å². The highest BCUT2D eigenvalue weighted by Gasteiger charge is 2.32. The fourth-order valence-corrected chi connectivity index (χ4v) is 3.70. The van der Waals surface area contributed by atoms with Gasteiger partial charge in [0, 0.05) is 56.4 Å². The van der Waals surface area contributed by atoms with E-state index in [0.29, 0.717) is 16.8 Å². The van der Waals surface area contributed by atoms with Crippen molar-refractivity contribution < 1.29 is 27.1 Å². The van der Waals surface area contributed by atoms with Gasteiger partial charge in [0.05, 0.1) is 5.39 Å². The van der Waals surface area contributed by atoms with Gasteiger partial charge in [0.1, 0.15) is 11.6 Å². The van der Waals surface area contributed by atoms with E-state index in [0.717, 1.165) is 16.8 Å². The van der Waals surface area contributed by atoms with Crippen molar-refractivity contribution >= 4 is 22.4 Å². The van der Waals surface area contributed by atoms with E-state index < -0.39 is 17.9 Å². The van der Waals surface area contributed by atoms with Gasteiger partial charge in [-0.2, -0.15) is 5.10 Å². The van der Waals surface area contributed by atoms with Crippen molar-refractivity contribution in [3.05, 3.63) is 64.3 Å². The van der Waals surface area contributed by atoms with E-state index in [4.69, 9.17) is 0 Å². The number of carbonyl (C=O) groups excluding carboxylic acids is 1. The number of hydrogen-bond donors (Lipinski definition) is 0. The number of anilines is 1. The van der Waals surface area contributed by atoms with Gasteiger partial charge in [-0.05, 0) is 12.1 Å². The van der Waals surface area contributed by atoms with Crippen LogP contribution in [0.5, 0.6) is 5.75 Å². The summed E-state index contributed by atoms with van der Waals surface area (Å²) < 4.78 is 56.2. The third-order valence-corrected chi connectivity index (χ3v) is 5.18. The summed E-state index contributed by atoms with van der Waals surface area (Å²) in [5.74, 6) is -1.87. The maximum atomic E-state index is 13.8. The molecular formula is C21H18F4N4O3. The summed E-state index contributed by atoms with van der Waals surface area (Å²) in [6, 6.07) is 9.57. The van der Waals surface area contributed by atoms with E-state index in [9.17, 15) is 27.2 Å². The van der Waals surface area contributed by atoms with Gasteiger partial charge in [0.15, 0.2) is 5.69 Å². The molecule has 3 aromatic rings. The molecule has 0 spiro atoms. The fraction of sp³-hybridized carbons (Fsp3) is 0.286. The zero-order valence-electron chi connectivity index (χ0n) is 16.9. The van der Waals surface area contributed by atoms with Gasteiger partial charge in [-0.3, -0.25) is 9.59 Å². The summed E-state index contributed by atoms with van der Waals surface area (Å²) in [5.41, 5.74) is 0.0507. The number of carbonyl (C=O) groups is 1. The van der Waals surface area contributed by atoms with Crippen molar-refractivity contribution in [3.8, 4) is 5.75 Å². The Morgan fingerprint density at radius 1 is 1.03 bits per heavy atom. The summed E-state index contributed by atoms with van der Waals surface area (Å²) in [6.45, 7) is 1.02. The summed E-state index contributed by atoms with van der Waals surface area (Å²) in [7, 11) is 1.47. The summed E-state index contributed by atoms with van der Waals surface area (Å²) in [5, 5.41) is 4.96. The lowest BCUT2D eigenvalue weighted by atomic mass is 10.1. The highest BCUT2D eigenvalue weighted by molar-refractivity contribution is 6.04. The highest BCUT2D eigenvalue weighted by atomic mass is 19.4. The number of rotatable bonds is 3. The average Bonchev–Trinajstić information content (AvgIpc) is 2.74. The SMILES string of the molecule is Cn1nc(C(=O)N2CCN(c3cc(F)cc(OC(F)(F)F)c3)CC2)c2ccccc2c1=O. The van der Waals surface area contributed by atoms with Crippen LogP contribution in [0.3, 0.4) is 0 Å². The number of hydrogen-bond acceptors (Lipinski definition) is 5. The van der Waals surface area contributed by atoms with Crippen LogP contribution in [0.4, 0.5) is 23.2 Å². The molecule has 0 aliphatic carbocycles. The smallest absolute Gasteiger partial charge is 0.406 e. The summed E-state index contributed by atoms with van der Waals surface area (Å²) in [4.78, 5) is 28.6. The minimum absolute atomic E-state index is 0.141. The van der Waals surface area contributed by atoms with Gasteiger partial charge in [-0.1, -0.05) is 18.2 Å². The monoisotopic (exact) mass is 450 g/mol. The standard InChI is InChI=1S/C21H18F4N4O3/c1-27-19(30)17-5-3-2-4-16(17)18(26-27)20(31)29-8-6-28(7-9-29)14-10-13(22)11-15(12-14)32-21(23,24)25/h2-5,10-12H,6-9H2,1H3. The predicted octanol–water partition coefficient (Wildman–Crippen LogP) is 2.93. The summed E-state index contributed by atoms with van der Waals surface area (Å²) >= 11 is 0. The first-order chi connectivity index (χ1) is 15.1. The number of halogens is 4. The van der Waals surface area contributed by atoms with Crippen LogP contribution in [0.1, 0.15) is 10.5 Å². The molecule has 1 saturated heterocycles. The third-order valence-electron chi connectivity index (χ3n) is 5.18. The molecule has 4 rings (SSSR count). The van der Waals surface area contributed by atoms with E-state index in [1.54, 1.807) is 34.1 Å². The number of aromatic nitrogens is 2. The Kier molecular flexibility index (Phi) is 5.49. The minimum atomic E-state index is -4.93. The number of fused-ring (bicyclic) bond motifs is 1. The van der Waals surface area contributed by atoms with Crippen LogP contribution in [0, 0.1) is 5.82 Å². The van der Waals surface area contributed by atoms with Crippen molar-refractivity contribution in [2.75, 3.05) is 31.1 Å². The molecule has 0 unspecified atom stereocenters. The van der Waals surface area contributed by atoms with Crippen LogP contribution in [0.15, 0.2) is 47.3 Å². The molecule has 2 aromatic carbocycles. The zero-order valence-corrected chi connectivity index (χ0v) is 16.9. The second-order valence-electron chi connectivity index (χ2n) is 7.30. The Bertz CT molecular complexity index is 1230. The minimum Gasteiger partial charge on any atom is -0.406 e. The molecule has 1 amide bonds. The Hall–Kier alpha value is -3.63. The van der Waals surface area contributed by atoms with E-state index in [1.165, 1.54) is 7.05 Å². The fourth-order valence-electron chi connectivity index (χ4n) is 3.70. The Labute approximate surface area is 179 Å². The van der Waals surface area contributed by atoms with E-state index in [2.05, 4.69) is 9.84 Å². The van der Waals surface area contributed by atoms with E-state index in [-0.39, 0.29) is 49.0 Å². The largest absolute Gasteiger partial charge is 0.573 e. The normalized spacial score (nSPS) is 14.7. The quantitative estimate of drug-likeness (QED) is 0.574. The molecule has 11 heteroatoms. The van der Waals surface area contributed by atoms with Crippen LogP contribution < -0.4 is 15.2 Å². The van der Waals surface area contributed by atoms with Gasteiger partial charge in [-0.25, -0.2) is 9.07 Å². The number of alkyl halides is 3. The van der Waals surface area contributed by atoms with Gasteiger partial charge in [0.25, 0.3) is 11.5 Å².